The first-order chi connectivity index (χ1) is 9.51. The molecule has 20 heavy (non-hydrogen) atoms. The van der Waals surface area contributed by atoms with Crippen LogP contribution < -0.4 is 4.74 Å². The van der Waals surface area contributed by atoms with Crippen molar-refractivity contribution < 1.29 is 14.5 Å². The number of benzene rings is 2. The van der Waals surface area contributed by atoms with E-state index in [1.807, 2.05) is 0 Å². The third kappa shape index (κ3) is 3.23. The van der Waals surface area contributed by atoms with Gasteiger partial charge in [0, 0.05) is 11.6 Å². The smallest absolute Gasteiger partial charge is 0.273 e. The second kappa shape index (κ2) is 6.15. The topological polar surface area (TPSA) is 69.4 Å². The van der Waals surface area contributed by atoms with E-state index in [-0.39, 0.29) is 5.69 Å². The molecule has 5 nitrogen and oxygen atoms in total. The van der Waals surface area contributed by atoms with Crippen molar-refractivity contribution in [2.24, 2.45) is 0 Å². The quantitative estimate of drug-likeness (QED) is 0.422. The molecule has 102 valence electrons. The second-order valence-electron chi connectivity index (χ2n) is 3.78. The Labute approximate surface area is 131 Å². The molecular formula is C13H7Br2NO4. The molecule has 0 aliphatic rings. The molecule has 0 aliphatic heterocycles. The van der Waals surface area contributed by atoms with Crippen molar-refractivity contribution in [3.8, 4) is 11.5 Å². The maximum Gasteiger partial charge on any atom is 0.273 e. The molecule has 0 heterocycles. The minimum atomic E-state index is -0.496. The number of halogens is 2. The van der Waals surface area contributed by atoms with E-state index in [2.05, 4.69) is 31.9 Å². The van der Waals surface area contributed by atoms with Gasteiger partial charge in [-0.3, -0.25) is 14.9 Å². The molecule has 0 aliphatic carbocycles. The highest BCUT2D eigenvalue weighted by molar-refractivity contribution is 9.11. The highest BCUT2D eigenvalue weighted by Gasteiger charge is 2.12. The van der Waals surface area contributed by atoms with Crippen molar-refractivity contribution >= 4 is 43.8 Å². The maximum absolute atomic E-state index is 10.8. The molecule has 0 saturated carbocycles. The number of ether oxygens (including phenoxy) is 1. The zero-order valence-corrected chi connectivity index (χ0v) is 13.0. The zero-order valence-electron chi connectivity index (χ0n) is 9.88. The van der Waals surface area contributed by atoms with Crippen LogP contribution in [-0.2, 0) is 0 Å². The first kappa shape index (κ1) is 14.7. The van der Waals surface area contributed by atoms with Crippen LogP contribution in [0.15, 0.2) is 45.3 Å². The fourth-order valence-electron chi connectivity index (χ4n) is 1.48. The summed E-state index contributed by atoms with van der Waals surface area (Å²) in [5, 5.41) is 10.8. The molecule has 0 saturated heterocycles. The Kier molecular flexibility index (Phi) is 4.51. The van der Waals surface area contributed by atoms with Gasteiger partial charge in [-0.25, -0.2) is 0 Å². The first-order valence-corrected chi connectivity index (χ1v) is 6.96. The lowest BCUT2D eigenvalue weighted by Gasteiger charge is -2.09. The monoisotopic (exact) mass is 399 g/mol. The molecule has 2 rings (SSSR count). The molecule has 0 aromatic heterocycles. The van der Waals surface area contributed by atoms with Crippen molar-refractivity contribution in [3.63, 3.8) is 0 Å². The van der Waals surface area contributed by atoms with E-state index >= 15 is 0 Å². The van der Waals surface area contributed by atoms with E-state index in [1.165, 1.54) is 12.1 Å². The summed E-state index contributed by atoms with van der Waals surface area (Å²) < 4.78 is 6.79. The molecule has 0 amide bonds. The maximum atomic E-state index is 10.8. The second-order valence-corrected chi connectivity index (χ2v) is 5.49. The van der Waals surface area contributed by atoms with Gasteiger partial charge in [0.2, 0.25) is 0 Å². The first-order valence-electron chi connectivity index (χ1n) is 5.38. The summed E-state index contributed by atoms with van der Waals surface area (Å²) in [5.41, 5.74) is 0.436. The van der Waals surface area contributed by atoms with Crippen LogP contribution >= 0.6 is 31.9 Å². The van der Waals surface area contributed by atoms with Gasteiger partial charge in [-0.05, 0) is 56.1 Å². The van der Waals surface area contributed by atoms with Crippen molar-refractivity contribution in [1.82, 2.24) is 0 Å². The summed E-state index contributed by atoms with van der Waals surface area (Å²) in [6.07, 6.45) is 0.720. The van der Waals surface area contributed by atoms with Crippen LogP contribution in [0, 0.1) is 10.1 Å². The number of rotatable bonds is 4. The van der Waals surface area contributed by atoms with Crippen LogP contribution in [0.3, 0.4) is 0 Å². The van der Waals surface area contributed by atoms with Gasteiger partial charge in [0.05, 0.1) is 19.9 Å². The largest absolute Gasteiger partial charge is 0.455 e. The van der Waals surface area contributed by atoms with Crippen molar-refractivity contribution in [3.05, 3.63) is 61.0 Å². The lowest BCUT2D eigenvalue weighted by atomic mass is 10.2. The summed E-state index contributed by atoms with van der Waals surface area (Å²) in [7, 11) is 0. The Balaban J connectivity index is 2.36. The van der Waals surface area contributed by atoms with E-state index < -0.39 is 4.92 Å². The number of carbonyl (C=O) groups excluding carboxylic acids is 1. The summed E-state index contributed by atoms with van der Waals surface area (Å²) in [4.78, 5) is 20.9. The number of non-ortho nitro benzene ring substituents is 1. The van der Waals surface area contributed by atoms with Gasteiger partial charge in [0.15, 0.2) is 0 Å². The Hall–Kier alpha value is -1.73. The molecule has 0 bridgehead atoms. The number of nitrogens with zero attached hydrogens (tertiary/aromatic N) is 1. The predicted molar refractivity (Wildman–Crippen MR) is 80.4 cm³/mol. The molecule has 0 fully saturated rings. The highest BCUT2D eigenvalue weighted by atomic mass is 79.9. The highest BCUT2D eigenvalue weighted by Crippen LogP contribution is 2.36. The van der Waals surface area contributed by atoms with Gasteiger partial charge < -0.3 is 4.74 Å². The fourth-order valence-corrected chi connectivity index (χ4v) is 2.28. The average molecular weight is 401 g/mol. The SMILES string of the molecule is O=Cc1ccc(Oc2cc([N+](=O)[O-])ccc2Br)c(Br)c1. The zero-order chi connectivity index (χ0) is 14.7. The van der Waals surface area contributed by atoms with Crippen molar-refractivity contribution in [2.75, 3.05) is 0 Å². The third-order valence-electron chi connectivity index (χ3n) is 2.44. The summed E-state index contributed by atoms with van der Waals surface area (Å²) in [6, 6.07) is 9.05. The van der Waals surface area contributed by atoms with Crippen LogP contribution in [0.2, 0.25) is 0 Å². The number of carbonyl (C=O) groups is 1. The summed E-state index contributed by atoms with van der Waals surface area (Å²) >= 11 is 6.56. The Morgan fingerprint density at radius 1 is 1.05 bits per heavy atom. The van der Waals surface area contributed by atoms with Gasteiger partial charge in [-0.2, -0.15) is 0 Å². The number of aldehydes is 1. The lowest BCUT2D eigenvalue weighted by Crippen LogP contribution is -1.92. The molecule has 2 aromatic carbocycles. The number of hydrogen-bond acceptors (Lipinski definition) is 4. The van der Waals surface area contributed by atoms with Gasteiger partial charge in [0.1, 0.15) is 17.8 Å². The van der Waals surface area contributed by atoms with Crippen LogP contribution in [-0.4, -0.2) is 11.2 Å². The fraction of sp³-hybridized carbons (Fsp3) is 0. The van der Waals surface area contributed by atoms with Gasteiger partial charge in [-0.1, -0.05) is 0 Å². The van der Waals surface area contributed by atoms with Gasteiger partial charge in [-0.15, -0.1) is 0 Å². The standard InChI is InChI=1S/C13H7Br2NO4/c14-10-3-2-9(16(18)19)6-13(10)20-12-4-1-8(7-17)5-11(12)15/h1-7H. The van der Waals surface area contributed by atoms with E-state index in [9.17, 15) is 14.9 Å². The Bertz CT molecular complexity index is 688. The van der Waals surface area contributed by atoms with E-state index in [1.54, 1.807) is 24.3 Å². The minimum absolute atomic E-state index is 0.0659. The predicted octanol–water partition coefficient (Wildman–Crippen LogP) is 4.72. The van der Waals surface area contributed by atoms with E-state index in [4.69, 9.17) is 4.74 Å². The Morgan fingerprint density at radius 2 is 1.80 bits per heavy atom. The van der Waals surface area contributed by atoms with Crippen LogP contribution in [0.4, 0.5) is 5.69 Å². The summed E-state index contributed by atoms with van der Waals surface area (Å²) in [6.45, 7) is 0. The van der Waals surface area contributed by atoms with Gasteiger partial charge >= 0.3 is 0 Å². The average Bonchev–Trinajstić information content (AvgIpc) is 2.42. The van der Waals surface area contributed by atoms with Crippen LogP contribution in [0.1, 0.15) is 10.4 Å². The molecule has 0 radical (unpaired) electrons. The molecule has 0 spiro atoms. The minimum Gasteiger partial charge on any atom is -0.455 e. The third-order valence-corrected chi connectivity index (χ3v) is 3.71. The van der Waals surface area contributed by atoms with E-state index in [0.717, 1.165) is 6.29 Å². The number of nitro groups is 1. The van der Waals surface area contributed by atoms with Crippen LogP contribution in [0.25, 0.3) is 0 Å². The Morgan fingerprint density at radius 3 is 2.40 bits per heavy atom. The van der Waals surface area contributed by atoms with E-state index in [0.29, 0.717) is 26.0 Å². The molecule has 0 unspecified atom stereocenters. The number of hydrogen-bond donors (Lipinski definition) is 0. The molecule has 2 aromatic rings. The molecule has 0 atom stereocenters. The van der Waals surface area contributed by atoms with Crippen molar-refractivity contribution in [2.45, 2.75) is 0 Å². The molecule has 7 heteroatoms. The van der Waals surface area contributed by atoms with Crippen LogP contribution in [0.5, 0.6) is 11.5 Å². The summed E-state index contributed by atoms with van der Waals surface area (Å²) in [5.74, 6) is 0.774. The van der Waals surface area contributed by atoms with Gasteiger partial charge in [0.25, 0.3) is 5.69 Å². The van der Waals surface area contributed by atoms with Crippen molar-refractivity contribution in [1.29, 1.82) is 0 Å². The molecule has 0 N–H and O–H groups in total. The lowest BCUT2D eigenvalue weighted by molar-refractivity contribution is -0.384. The normalized spacial score (nSPS) is 10.1. The molecular weight excluding hydrogens is 394 g/mol. The number of nitro benzene ring substituents is 1.